The molecule has 2 rings (SSSR count). The van der Waals surface area contributed by atoms with E-state index in [4.69, 9.17) is 4.74 Å². The van der Waals surface area contributed by atoms with E-state index in [0.717, 1.165) is 5.56 Å². The van der Waals surface area contributed by atoms with Gasteiger partial charge in [0.05, 0.1) is 11.3 Å². The summed E-state index contributed by atoms with van der Waals surface area (Å²) in [6, 6.07) is 14.3. The highest BCUT2D eigenvalue weighted by molar-refractivity contribution is 6.04. The van der Waals surface area contributed by atoms with E-state index in [1.54, 1.807) is 43.3 Å². The fourth-order valence-electron chi connectivity index (χ4n) is 2.23. The minimum Gasteiger partial charge on any atom is -0.481 e. The van der Waals surface area contributed by atoms with Gasteiger partial charge in [-0.15, -0.1) is 6.58 Å². The zero-order valence-corrected chi connectivity index (χ0v) is 14.4. The number of amides is 2. The van der Waals surface area contributed by atoms with Crippen molar-refractivity contribution in [3.05, 3.63) is 72.3 Å². The highest BCUT2D eigenvalue weighted by Gasteiger charge is 2.18. The fourth-order valence-corrected chi connectivity index (χ4v) is 2.23. The third kappa shape index (κ3) is 5.21. The van der Waals surface area contributed by atoms with Gasteiger partial charge in [0.15, 0.2) is 6.10 Å². The lowest BCUT2D eigenvalue weighted by atomic mass is 10.1. The van der Waals surface area contributed by atoms with Crippen molar-refractivity contribution in [2.75, 3.05) is 11.9 Å². The number of nitrogens with one attached hydrogen (secondary N) is 2. The molecule has 5 heteroatoms. The first kappa shape index (κ1) is 18.3. The zero-order valence-electron chi connectivity index (χ0n) is 14.4. The maximum Gasteiger partial charge on any atom is 0.265 e. The van der Waals surface area contributed by atoms with Gasteiger partial charge in [-0.25, -0.2) is 0 Å². The molecule has 0 saturated carbocycles. The van der Waals surface area contributed by atoms with E-state index < -0.39 is 6.10 Å². The molecule has 25 heavy (non-hydrogen) atoms. The smallest absolute Gasteiger partial charge is 0.265 e. The van der Waals surface area contributed by atoms with E-state index in [1.807, 2.05) is 25.1 Å². The molecule has 0 aliphatic carbocycles. The van der Waals surface area contributed by atoms with Gasteiger partial charge in [-0.1, -0.05) is 30.3 Å². The lowest BCUT2D eigenvalue weighted by Gasteiger charge is -2.16. The predicted octanol–water partition coefficient (Wildman–Crippen LogP) is 3.32. The highest BCUT2D eigenvalue weighted by Crippen LogP contribution is 2.17. The van der Waals surface area contributed by atoms with Crippen LogP contribution in [0.3, 0.4) is 0 Å². The maximum atomic E-state index is 12.4. The van der Waals surface area contributed by atoms with Crippen LogP contribution in [0.5, 0.6) is 5.75 Å². The summed E-state index contributed by atoms with van der Waals surface area (Å²) in [7, 11) is 0. The van der Waals surface area contributed by atoms with Crippen LogP contribution in [0.1, 0.15) is 22.8 Å². The van der Waals surface area contributed by atoms with Gasteiger partial charge in [-0.3, -0.25) is 9.59 Å². The summed E-state index contributed by atoms with van der Waals surface area (Å²) in [4.78, 5) is 24.6. The molecule has 0 fully saturated rings. The van der Waals surface area contributed by atoms with Gasteiger partial charge in [0.1, 0.15) is 5.75 Å². The van der Waals surface area contributed by atoms with Gasteiger partial charge < -0.3 is 15.4 Å². The molecule has 2 aromatic rings. The second kappa shape index (κ2) is 8.68. The van der Waals surface area contributed by atoms with Crippen molar-refractivity contribution in [2.24, 2.45) is 0 Å². The Labute approximate surface area is 147 Å². The summed E-state index contributed by atoms with van der Waals surface area (Å²) in [5, 5.41) is 5.45. The molecule has 0 aromatic heterocycles. The van der Waals surface area contributed by atoms with Crippen LogP contribution >= 0.6 is 0 Å². The number of hydrogen-bond acceptors (Lipinski definition) is 3. The van der Waals surface area contributed by atoms with Gasteiger partial charge in [0, 0.05) is 6.54 Å². The van der Waals surface area contributed by atoms with Gasteiger partial charge in [0.25, 0.3) is 11.8 Å². The van der Waals surface area contributed by atoms with E-state index in [-0.39, 0.29) is 11.8 Å². The zero-order chi connectivity index (χ0) is 18.2. The average molecular weight is 338 g/mol. The first-order valence-corrected chi connectivity index (χ1v) is 8.03. The summed E-state index contributed by atoms with van der Waals surface area (Å²) < 4.78 is 5.67. The average Bonchev–Trinajstić information content (AvgIpc) is 2.60. The number of carbonyl (C=O) groups is 2. The second-order valence-electron chi connectivity index (χ2n) is 5.61. The molecule has 0 heterocycles. The Morgan fingerprint density at radius 2 is 1.96 bits per heavy atom. The summed E-state index contributed by atoms with van der Waals surface area (Å²) in [5.74, 6) is 0.0215. The molecule has 0 unspecified atom stereocenters. The van der Waals surface area contributed by atoms with Crippen molar-refractivity contribution < 1.29 is 14.3 Å². The molecule has 0 spiro atoms. The molecule has 0 aliphatic rings. The van der Waals surface area contributed by atoms with Crippen molar-refractivity contribution >= 4 is 17.5 Å². The topological polar surface area (TPSA) is 67.4 Å². The van der Waals surface area contributed by atoms with E-state index in [1.165, 1.54) is 0 Å². The Bertz CT molecular complexity index is 771. The molecule has 0 bridgehead atoms. The van der Waals surface area contributed by atoms with Crippen LogP contribution in [0.25, 0.3) is 0 Å². The quantitative estimate of drug-likeness (QED) is 0.761. The number of ether oxygens (including phenoxy) is 1. The lowest BCUT2D eigenvalue weighted by molar-refractivity contribution is -0.122. The third-order valence-corrected chi connectivity index (χ3v) is 3.51. The third-order valence-electron chi connectivity index (χ3n) is 3.51. The molecule has 0 saturated heterocycles. The number of hydrogen-bond donors (Lipinski definition) is 2. The van der Waals surface area contributed by atoms with Crippen LogP contribution in [-0.4, -0.2) is 24.5 Å². The minimum absolute atomic E-state index is 0.275. The molecule has 2 N–H and O–H groups in total. The first-order chi connectivity index (χ1) is 12.0. The summed E-state index contributed by atoms with van der Waals surface area (Å²) in [5.41, 5.74) is 1.88. The van der Waals surface area contributed by atoms with E-state index in [0.29, 0.717) is 23.5 Å². The Morgan fingerprint density at radius 1 is 1.20 bits per heavy atom. The monoisotopic (exact) mass is 338 g/mol. The normalized spacial score (nSPS) is 11.3. The number of para-hydroxylation sites is 1. The van der Waals surface area contributed by atoms with Crippen LogP contribution in [-0.2, 0) is 4.79 Å². The molecule has 2 aromatic carbocycles. The molecule has 0 radical (unpaired) electrons. The maximum absolute atomic E-state index is 12.4. The Kier molecular flexibility index (Phi) is 6.34. The molecular weight excluding hydrogens is 316 g/mol. The molecular formula is C20H22N2O3. The van der Waals surface area contributed by atoms with Crippen LogP contribution < -0.4 is 15.4 Å². The van der Waals surface area contributed by atoms with Crippen molar-refractivity contribution in [2.45, 2.75) is 20.0 Å². The standard InChI is InChI=1S/C20H22N2O3/c1-4-12-21-20(24)17-10-5-6-11-18(17)22-19(23)15(3)25-16-9-7-8-14(2)13-16/h4-11,13,15H,1,12H2,2-3H3,(H,21,24)(H,22,23)/t15-/m1/s1. The Morgan fingerprint density at radius 3 is 2.68 bits per heavy atom. The number of rotatable bonds is 7. The minimum atomic E-state index is -0.703. The fraction of sp³-hybridized carbons (Fsp3) is 0.200. The SMILES string of the molecule is C=CCNC(=O)c1ccccc1NC(=O)[C@@H](C)Oc1cccc(C)c1. The number of aryl methyl sites for hydroxylation is 1. The summed E-state index contributed by atoms with van der Waals surface area (Å²) in [6.45, 7) is 7.54. The number of benzene rings is 2. The van der Waals surface area contributed by atoms with Crippen molar-refractivity contribution in [1.29, 1.82) is 0 Å². The molecule has 1 atom stereocenters. The van der Waals surface area contributed by atoms with Gasteiger partial charge >= 0.3 is 0 Å². The first-order valence-electron chi connectivity index (χ1n) is 8.03. The lowest BCUT2D eigenvalue weighted by Crippen LogP contribution is -2.31. The Balaban J connectivity index is 2.07. The van der Waals surface area contributed by atoms with Gasteiger partial charge in [0.2, 0.25) is 0 Å². The van der Waals surface area contributed by atoms with Crippen molar-refractivity contribution in [1.82, 2.24) is 5.32 Å². The van der Waals surface area contributed by atoms with Crippen LogP contribution in [0.4, 0.5) is 5.69 Å². The second-order valence-corrected chi connectivity index (χ2v) is 5.61. The number of carbonyl (C=O) groups excluding carboxylic acids is 2. The highest BCUT2D eigenvalue weighted by atomic mass is 16.5. The molecule has 0 aliphatic heterocycles. The van der Waals surface area contributed by atoms with Gasteiger partial charge in [-0.05, 0) is 43.7 Å². The van der Waals surface area contributed by atoms with Crippen LogP contribution in [0, 0.1) is 6.92 Å². The number of anilines is 1. The largest absolute Gasteiger partial charge is 0.481 e. The van der Waals surface area contributed by atoms with Crippen molar-refractivity contribution in [3.8, 4) is 5.75 Å². The molecule has 2 amide bonds. The van der Waals surface area contributed by atoms with Crippen LogP contribution in [0.15, 0.2) is 61.2 Å². The Hall–Kier alpha value is -3.08. The summed E-state index contributed by atoms with van der Waals surface area (Å²) in [6.07, 6.45) is 0.891. The van der Waals surface area contributed by atoms with Crippen LogP contribution in [0.2, 0.25) is 0 Å². The summed E-state index contributed by atoms with van der Waals surface area (Å²) >= 11 is 0. The van der Waals surface area contributed by atoms with E-state index in [2.05, 4.69) is 17.2 Å². The predicted molar refractivity (Wildman–Crippen MR) is 98.9 cm³/mol. The van der Waals surface area contributed by atoms with E-state index in [9.17, 15) is 9.59 Å². The molecule has 5 nitrogen and oxygen atoms in total. The van der Waals surface area contributed by atoms with Crippen molar-refractivity contribution in [3.63, 3.8) is 0 Å². The molecule has 130 valence electrons. The van der Waals surface area contributed by atoms with Gasteiger partial charge in [-0.2, -0.15) is 0 Å². The van der Waals surface area contributed by atoms with E-state index >= 15 is 0 Å².